The maximum absolute atomic E-state index is 12.5. The maximum Gasteiger partial charge on any atom is 0.274 e. The molecule has 9 heteroatoms. The van der Waals surface area contributed by atoms with E-state index in [9.17, 15) is 9.59 Å². The zero-order valence-electron chi connectivity index (χ0n) is 15.5. The van der Waals surface area contributed by atoms with Crippen LogP contribution in [-0.4, -0.2) is 50.9 Å². The van der Waals surface area contributed by atoms with E-state index in [1.54, 1.807) is 12.0 Å². The van der Waals surface area contributed by atoms with Gasteiger partial charge in [-0.2, -0.15) is 10.1 Å². The van der Waals surface area contributed by atoms with E-state index in [2.05, 4.69) is 15.2 Å². The van der Waals surface area contributed by atoms with Crippen LogP contribution in [0.2, 0.25) is 0 Å². The average Bonchev–Trinajstić information content (AvgIpc) is 3.11. The number of benzene rings is 1. The first-order valence-electron chi connectivity index (χ1n) is 8.83. The van der Waals surface area contributed by atoms with Crippen molar-refractivity contribution in [3.63, 3.8) is 0 Å². The fourth-order valence-corrected chi connectivity index (χ4v) is 3.10. The van der Waals surface area contributed by atoms with E-state index in [0.717, 1.165) is 16.0 Å². The van der Waals surface area contributed by atoms with E-state index in [-0.39, 0.29) is 23.1 Å². The lowest BCUT2D eigenvalue weighted by molar-refractivity contribution is 0.0560. The number of likely N-dealkylation sites (tertiary alicyclic amines) is 1. The van der Waals surface area contributed by atoms with Gasteiger partial charge in [-0.1, -0.05) is 23.4 Å². The Morgan fingerprint density at radius 3 is 2.79 bits per heavy atom. The monoisotopic (exact) mass is 381 g/mol. The number of nitrogens with zero attached hydrogens (tertiary/aromatic N) is 5. The average molecular weight is 381 g/mol. The summed E-state index contributed by atoms with van der Waals surface area (Å²) in [5.74, 6) is 1.64. The molecule has 28 heavy (non-hydrogen) atoms. The van der Waals surface area contributed by atoms with Gasteiger partial charge in [-0.05, 0) is 12.1 Å². The first-order valence-corrected chi connectivity index (χ1v) is 8.83. The molecule has 3 heterocycles. The number of carbonyl (C=O) groups is 1. The molecule has 0 radical (unpaired) electrons. The molecule has 0 N–H and O–H groups in total. The molecule has 4 rings (SSSR count). The number of aryl methyl sites for hydroxylation is 1. The minimum atomic E-state index is -0.258. The predicted octanol–water partition coefficient (Wildman–Crippen LogP) is 1.00. The lowest BCUT2D eigenvalue weighted by Crippen LogP contribution is -2.49. The third-order valence-electron chi connectivity index (χ3n) is 4.72. The molecule has 0 bridgehead atoms. The molecule has 144 valence electrons. The van der Waals surface area contributed by atoms with Crippen LogP contribution in [0.1, 0.15) is 33.7 Å². The van der Waals surface area contributed by atoms with Gasteiger partial charge in [0.05, 0.1) is 13.0 Å². The quantitative estimate of drug-likeness (QED) is 0.649. The molecule has 0 unspecified atom stereocenters. The smallest absolute Gasteiger partial charge is 0.274 e. The Hall–Kier alpha value is -3.49. The van der Waals surface area contributed by atoms with E-state index in [1.807, 2.05) is 24.3 Å². The SMILES string of the molecule is COc1ccccc1Cc1noc(C2CN(C(=O)c3ccc(=O)n(C)n3)C2)n1. The van der Waals surface area contributed by atoms with Crippen molar-refractivity contribution in [2.45, 2.75) is 12.3 Å². The summed E-state index contributed by atoms with van der Waals surface area (Å²) in [6, 6.07) is 10.5. The van der Waals surface area contributed by atoms with E-state index in [4.69, 9.17) is 9.26 Å². The molecule has 1 amide bonds. The number of methoxy groups -OCH3 is 1. The number of amides is 1. The van der Waals surface area contributed by atoms with Gasteiger partial charge < -0.3 is 14.2 Å². The van der Waals surface area contributed by atoms with Crippen molar-refractivity contribution in [1.82, 2.24) is 24.8 Å². The van der Waals surface area contributed by atoms with E-state index in [1.165, 1.54) is 19.2 Å². The molecular formula is C19H19N5O4. The number of aromatic nitrogens is 4. The number of ether oxygens (including phenoxy) is 1. The molecule has 1 fully saturated rings. The minimum absolute atomic E-state index is 0.00426. The summed E-state index contributed by atoms with van der Waals surface area (Å²) < 4.78 is 11.9. The van der Waals surface area contributed by atoms with Crippen molar-refractivity contribution in [2.24, 2.45) is 7.05 Å². The van der Waals surface area contributed by atoms with Crippen molar-refractivity contribution in [3.05, 3.63) is 69.7 Å². The molecule has 1 aromatic carbocycles. The van der Waals surface area contributed by atoms with Gasteiger partial charge >= 0.3 is 0 Å². The van der Waals surface area contributed by atoms with Gasteiger partial charge in [0.25, 0.3) is 11.5 Å². The maximum atomic E-state index is 12.5. The first kappa shape index (κ1) is 17.9. The molecule has 0 aliphatic carbocycles. The molecule has 3 aromatic rings. The van der Waals surface area contributed by atoms with Crippen LogP contribution in [0.25, 0.3) is 0 Å². The molecule has 0 atom stereocenters. The molecule has 1 aliphatic rings. The number of hydrogen-bond donors (Lipinski definition) is 0. The van der Waals surface area contributed by atoms with Crippen LogP contribution in [-0.2, 0) is 13.5 Å². The zero-order valence-corrected chi connectivity index (χ0v) is 15.5. The van der Waals surface area contributed by atoms with Gasteiger partial charge in [0.2, 0.25) is 5.89 Å². The Kier molecular flexibility index (Phi) is 4.64. The van der Waals surface area contributed by atoms with Gasteiger partial charge in [-0.3, -0.25) is 9.59 Å². The molecule has 2 aromatic heterocycles. The molecule has 9 nitrogen and oxygen atoms in total. The van der Waals surface area contributed by atoms with Crippen molar-refractivity contribution in [1.29, 1.82) is 0 Å². The third kappa shape index (κ3) is 3.38. The molecular weight excluding hydrogens is 362 g/mol. The second-order valence-electron chi connectivity index (χ2n) is 6.62. The summed E-state index contributed by atoms with van der Waals surface area (Å²) in [5.41, 5.74) is 0.956. The lowest BCUT2D eigenvalue weighted by atomic mass is 9.99. The largest absolute Gasteiger partial charge is 0.496 e. The van der Waals surface area contributed by atoms with Crippen molar-refractivity contribution >= 4 is 5.91 Å². The topological polar surface area (TPSA) is 103 Å². The summed E-state index contributed by atoms with van der Waals surface area (Å²) in [6.07, 6.45) is 0.505. The first-order chi connectivity index (χ1) is 13.5. The number of para-hydroxylation sites is 1. The Morgan fingerprint density at radius 1 is 1.25 bits per heavy atom. The highest BCUT2D eigenvalue weighted by atomic mass is 16.5. The number of carbonyl (C=O) groups excluding carboxylic acids is 1. The van der Waals surface area contributed by atoms with Crippen LogP contribution in [0.5, 0.6) is 5.75 Å². The summed E-state index contributed by atoms with van der Waals surface area (Å²) in [4.78, 5) is 30.0. The number of rotatable bonds is 5. The van der Waals surface area contributed by atoms with Crippen LogP contribution in [0.4, 0.5) is 0 Å². The van der Waals surface area contributed by atoms with Crippen LogP contribution in [0, 0.1) is 0 Å². The van der Waals surface area contributed by atoms with Crippen LogP contribution in [0.3, 0.4) is 0 Å². The van der Waals surface area contributed by atoms with Crippen molar-refractivity contribution in [3.8, 4) is 5.75 Å². The Labute approximate surface area is 160 Å². The van der Waals surface area contributed by atoms with Crippen molar-refractivity contribution < 1.29 is 14.1 Å². The predicted molar refractivity (Wildman–Crippen MR) is 98.2 cm³/mol. The summed E-state index contributed by atoms with van der Waals surface area (Å²) in [6.45, 7) is 0.944. The highest BCUT2D eigenvalue weighted by Crippen LogP contribution is 2.27. The lowest BCUT2D eigenvalue weighted by Gasteiger charge is -2.36. The fraction of sp³-hybridized carbons (Fsp3) is 0.316. The van der Waals surface area contributed by atoms with Crippen molar-refractivity contribution in [2.75, 3.05) is 20.2 Å². The van der Waals surface area contributed by atoms with Crippen LogP contribution >= 0.6 is 0 Å². The zero-order chi connectivity index (χ0) is 19.7. The highest BCUT2D eigenvalue weighted by Gasteiger charge is 2.36. The Balaban J connectivity index is 1.39. The van der Waals surface area contributed by atoms with E-state index < -0.39 is 0 Å². The third-order valence-corrected chi connectivity index (χ3v) is 4.72. The second kappa shape index (κ2) is 7.26. The summed E-state index contributed by atoms with van der Waals surface area (Å²) in [7, 11) is 3.14. The standard InChI is InChI=1S/C19H19N5O4/c1-23-17(25)8-7-14(21-23)19(26)24-10-13(11-24)18-20-16(22-28-18)9-12-5-3-4-6-15(12)27-2/h3-8,13H,9-11H2,1-2H3. The molecule has 1 aliphatic heterocycles. The molecule has 0 saturated carbocycles. The van der Waals surface area contributed by atoms with E-state index >= 15 is 0 Å². The van der Waals surface area contributed by atoms with Gasteiger partial charge in [-0.25, -0.2) is 4.68 Å². The van der Waals surface area contributed by atoms with Gasteiger partial charge in [-0.15, -0.1) is 0 Å². The second-order valence-corrected chi connectivity index (χ2v) is 6.62. The van der Waals surface area contributed by atoms with Crippen LogP contribution < -0.4 is 10.3 Å². The minimum Gasteiger partial charge on any atom is -0.496 e. The number of hydrogen-bond acceptors (Lipinski definition) is 7. The van der Waals surface area contributed by atoms with Gasteiger partial charge in [0.15, 0.2) is 5.82 Å². The van der Waals surface area contributed by atoms with Gasteiger partial charge in [0, 0.05) is 38.2 Å². The molecule has 0 spiro atoms. The van der Waals surface area contributed by atoms with E-state index in [0.29, 0.717) is 31.2 Å². The van der Waals surface area contributed by atoms with Crippen LogP contribution in [0.15, 0.2) is 45.7 Å². The highest BCUT2D eigenvalue weighted by molar-refractivity contribution is 5.92. The Morgan fingerprint density at radius 2 is 2.04 bits per heavy atom. The fourth-order valence-electron chi connectivity index (χ4n) is 3.10. The molecule has 1 saturated heterocycles. The summed E-state index contributed by atoms with van der Waals surface area (Å²) in [5, 5.41) is 8.03. The normalized spacial score (nSPS) is 14.0. The Bertz CT molecular complexity index is 1070. The van der Waals surface area contributed by atoms with Gasteiger partial charge in [0.1, 0.15) is 11.4 Å². The summed E-state index contributed by atoms with van der Waals surface area (Å²) >= 11 is 0.